The molecule has 1 aromatic carbocycles. The molecule has 2 N–H and O–H groups in total. The van der Waals surface area contributed by atoms with Crippen LogP contribution in [-0.4, -0.2) is 63.7 Å². The summed E-state index contributed by atoms with van der Waals surface area (Å²) in [6.07, 6.45) is 5.95. The summed E-state index contributed by atoms with van der Waals surface area (Å²) in [5, 5.41) is 6.66. The number of aliphatic imine (C=N–C) groups is 1. The zero-order chi connectivity index (χ0) is 21.0. The van der Waals surface area contributed by atoms with Gasteiger partial charge >= 0.3 is 0 Å². The molecule has 29 heavy (non-hydrogen) atoms. The third kappa shape index (κ3) is 7.69. The first-order valence-electron chi connectivity index (χ1n) is 10.9. The number of amides is 1. The minimum absolute atomic E-state index is 0.210. The van der Waals surface area contributed by atoms with Gasteiger partial charge in [0.15, 0.2) is 5.96 Å². The number of ether oxygens (including phenoxy) is 1. The fourth-order valence-electron chi connectivity index (χ4n) is 3.86. The summed E-state index contributed by atoms with van der Waals surface area (Å²) >= 11 is 0. The molecule has 0 aliphatic heterocycles. The smallest absolute Gasteiger partial charge is 0.230 e. The van der Waals surface area contributed by atoms with Crippen molar-refractivity contribution in [2.24, 2.45) is 10.4 Å². The lowest BCUT2D eigenvalue weighted by atomic mass is 9.85. The van der Waals surface area contributed by atoms with Crippen LogP contribution in [0.5, 0.6) is 0 Å². The molecule has 0 heterocycles. The number of hydrogen-bond acceptors (Lipinski definition) is 3. The Morgan fingerprint density at radius 2 is 1.86 bits per heavy atom. The second-order valence-electron chi connectivity index (χ2n) is 8.01. The maximum absolute atomic E-state index is 12.7. The molecule has 0 saturated heterocycles. The summed E-state index contributed by atoms with van der Waals surface area (Å²) in [7, 11) is 3.68. The molecule has 1 aliphatic rings. The van der Waals surface area contributed by atoms with Gasteiger partial charge in [0.25, 0.3) is 0 Å². The monoisotopic (exact) mass is 402 g/mol. The molecule has 0 bridgehead atoms. The van der Waals surface area contributed by atoms with Crippen molar-refractivity contribution in [3.63, 3.8) is 0 Å². The third-order valence-electron chi connectivity index (χ3n) is 5.44. The Morgan fingerprint density at radius 3 is 2.52 bits per heavy atom. The molecule has 0 radical (unpaired) electrons. The van der Waals surface area contributed by atoms with Crippen molar-refractivity contribution in [2.45, 2.75) is 45.4 Å². The summed E-state index contributed by atoms with van der Waals surface area (Å²) in [6, 6.07) is 10.4. The Hall–Kier alpha value is -2.08. The van der Waals surface area contributed by atoms with Gasteiger partial charge < -0.3 is 20.3 Å². The van der Waals surface area contributed by atoms with Crippen LogP contribution in [0, 0.1) is 5.41 Å². The van der Waals surface area contributed by atoms with Crippen LogP contribution >= 0.6 is 0 Å². The zero-order valence-corrected chi connectivity index (χ0v) is 18.4. The van der Waals surface area contributed by atoms with Crippen molar-refractivity contribution in [3.05, 3.63) is 35.9 Å². The maximum atomic E-state index is 12.7. The number of carbonyl (C=O) groups excluding carboxylic acids is 1. The molecular weight excluding hydrogens is 364 g/mol. The summed E-state index contributed by atoms with van der Waals surface area (Å²) < 4.78 is 5.74. The highest BCUT2D eigenvalue weighted by atomic mass is 16.5. The maximum Gasteiger partial charge on any atom is 0.230 e. The predicted molar refractivity (Wildman–Crippen MR) is 119 cm³/mol. The Bertz CT molecular complexity index is 625. The normalized spacial score (nSPS) is 15.9. The van der Waals surface area contributed by atoms with E-state index in [0.29, 0.717) is 6.54 Å². The van der Waals surface area contributed by atoms with E-state index in [1.165, 1.54) is 5.56 Å². The Kier molecular flexibility index (Phi) is 9.98. The van der Waals surface area contributed by atoms with Gasteiger partial charge in [0.1, 0.15) is 0 Å². The topological polar surface area (TPSA) is 66.0 Å². The number of hydrogen-bond donors (Lipinski definition) is 2. The first-order chi connectivity index (χ1) is 14.1. The number of nitrogens with zero attached hydrogens (tertiary/aromatic N) is 2. The van der Waals surface area contributed by atoms with Crippen LogP contribution in [0.25, 0.3) is 0 Å². The first-order valence-corrected chi connectivity index (χ1v) is 10.9. The molecule has 1 aromatic rings. The van der Waals surface area contributed by atoms with Gasteiger partial charge in [-0.15, -0.1) is 0 Å². The summed E-state index contributed by atoms with van der Waals surface area (Å²) in [6.45, 7) is 5.67. The van der Waals surface area contributed by atoms with Crippen molar-refractivity contribution in [3.8, 4) is 0 Å². The Morgan fingerprint density at radius 1 is 1.14 bits per heavy atom. The van der Waals surface area contributed by atoms with Gasteiger partial charge in [-0.3, -0.25) is 9.79 Å². The van der Waals surface area contributed by atoms with Gasteiger partial charge in [0.05, 0.1) is 18.6 Å². The highest BCUT2D eigenvalue weighted by Crippen LogP contribution is 2.39. The van der Waals surface area contributed by atoms with E-state index in [1.807, 2.05) is 20.2 Å². The van der Waals surface area contributed by atoms with Gasteiger partial charge in [-0.1, -0.05) is 43.2 Å². The number of rotatable bonds is 11. The van der Waals surface area contributed by atoms with Crippen LogP contribution in [0.4, 0.5) is 0 Å². The standard InChI is InChI=1S/C23H38N4O2/c1-4-24-22(26-19-23(14-8-9-15-23)21(28)27(2)3)25-16-10-17-29-18-13-20-11-6-5-7-12-20/h5-7,11-12H,4,8-10,13-19H2,1-3H3,(H2,24,25,26). The van der Waals surface area contributed by atoms with E-state index < -0.39 is 0 Å². The summed E-state index contributed by atoms with van der Waals surface area (Å²) in [4.78, 5) is 19.2. The second-order valence-corrected chi connectivity index (χ2v) is 8.01. The van der Waals surface area contributed by atoms with Gasteiger partial charge in [0, 0.05) is 33.8 Å². The number of carbonyl (C=O) groups is 1. The average molecular weight is 403 g/mol. The van der Waals surface area contributed by atoms with Crippen LogP contribution in [0.2, 0.25) is 0 Å². The highest BCUT2D eigenvalue weighted by molar-refractivity contribution is 5.84. The van der Waals surface area contributed by atoms with E-state index in [1.54, 1.807) is 4.90 Å². The fourth-order valence-corrected chi connectivity index (χ4v) is 3.86. The lowest BCUT2D eigenvalue weighted by Crippen LogP contribution is -2.43. The zero-order valence-electron chi connectivity index (χ0n) is 18.4. The van der Waals surface area contributed by atoms with Crippen molar-refractivity contribution in [1.82, 2.24) is 15.5 Å². The van der Waals surface area contributed by atoms with E-state index in [9.17, 15) is 4.79 Å². The summed E-state index contributed by atoms with van der Waals surface area (Å²) in [5.74, 6) is 0.996. The highest BCUT2D eigenvalue weighted by Gasteiger charge is 2.41. The molecule has 1 amide bonds. The molecule has 0 atom stereocenters. The quantitative estimate of drug-likeness (QED) is 0.339. The number of nitrogens with one attached hydrogen (secondary N) is 2. The lowest BCUT2D eigenvalue weighted by molar-refractivity contribution is -0.138. The van der Waals surface area contributed by atoms with Crippen LogP contribution < -0.4 is 10.6 Å². The lowest BCUT2D eigenvalue weighted by Gasteiger charge is -2.29. The van der Waals surface area contributed by atoms with E-state index >= 15 is 0 Å². The van der Waals surface area contributed by atoms with Crippen LogP contribution in [0.3, 0.4) is 0 Å². The van der Waals surface area contributed by atoms with Gasteiger partial charge in [-0.2, -0.15) is 0 Å². The molecule has 0 aromatic heterocycles. The average Bonchev–Trinajstić information content (AvgIpc) is 3.21. The van der Waals surface area contributed by atoms with Gasteiger partial charge in [0.2, 0.25) is 5.91 Å². The SMILES string of the molecule is CCNC(=NCC1(C(=O)N(C)C)CCCC1)NCCCOCCc1ccccc1. The molecular formula is C23H38N4O2. The Balaban J connectivity index is 1.72. The van der Waals surface area contributed by atoms with Crippen molar-refractivity contribution in [1.29, 1.82) is 0 Å². The van der Waals surface area contributed by atoms with E-state index in [-0.39, 0.29) is 11.3 Å². The van der Waals surface area contributed by atoms with E-state index in [0.717, 1.165) is 70.8 Å². The molecule has 1 fully saturated rings. The van der Waals surface area contributed by atoms with E-state index in [4.69, 9.17) is 9.73 Å². The minimum atomic E-state index is -0.327. The van der Waals surface area contributed by atoms with Crippen molar-refractivity contribution < 1.29 is 9.53 Å². The van der Waals surface area contributed by atoms with Gasteiger partial charge in [-0.05, 0) is 38.2 Å². The molecule has 1 saturated carbocycles. The van der Waals surface area contributed by atoms with E-state index in [2.05, 4.69) is 41.8 Å². The van der Waals surface area contributed by atoms with Crippen LogP contribution in [0.1, 0.15) is 44.6 Å². The number of benzene rings is 1. The van der Waals surface area contributed by atoms with Crippen LogP contribution in [0.15, 0.2) is 35.3 Å². The fraction of sp³-hybridized carbons (Fsp3) is 0.652. The third-order valence-corrected chi connectivity index (χ3v) is 5.44. The molecule has 0 unspecified atom stereocenters. The van der Waals surface area contributed by atoms with Gasteiger partial charge in [-0.25, -0.2) is 0 Å². The van der Waals surface area contributed by atoms with Crippen molar-refractivity contribution >= 4 is 11.9 Å². The first kappa shape index (κ1) is 23.2. The molecule has 0 spiro atoms. The molecule has 6 nitrogen and oxygen atoms in total. The second kappa shape index (κ2) is 12.5. The molecule has 1 aliphatic carbocycles. The van der Waals surface area contributed by atoms with Crippen molar-refractivity contribution in [2.75, 3.05) is 46.9 Å². The predicted octanol–water partition coefficient (Wildman–Crippen LogP) is 2.84. The minimum Gasteiger partial charge on any atom is -0.381 e. The number of guanidine groups is 1. The molecule has 162 valence electrons. The van der Waals surface area contributed by atoms with Crippen LogP contribution in [-0.2, 0) is 16.0 Å². The largest absolute Gasteiger partial charge is 0.381 e. The molecule has 2 rings (SSSR count). The summed E-state index contributed by atoms with van der Waals surface area (Å²) in [5.41, 5.74) is 0.979. The molecule has 6 heteroatoms. The Labute approximate surface area is 176 Å².